The van der Waals surface area contributed by atoms with Crippen LogP contribution >= 0.6 is 0 Å². The van der Waals surface area contributed by atoms with Gasteiger partial charge >= 0.3 is 12.2 Å². The van der Waals surface area contributed by atoms with Crippen LogP contribution in [-0.4, -0.2) is 53.8 Å². The number of benzene rings is 1. The highest BCUT2D eigenvalue weighted by atomic mass is 16.6. The number of fused-ring (bicyclic) bond motifs is 1. The van der Waals surface area contributed by atoms with E-state index in [1.165, 1.54) is 0 Å². The Kier molecular flexibility index (Phi) is 4.88. The van der Waals surface area contributed by atoms with Crippen LogP contribution < -0.4 is 0 Å². The molecule has 0 saturated carbocycles. The van der Waals surface area contributed by atoms with Crippen LogP contribution in [0, 0.1) is 11.8 Å². The number of carbonyl (C=O) groups excluding carboxylic acids is 2. The van der Waals surface area contributed by atoms with E-state index >= 15 is 0 Å². The minimum Gasteiger partial charge on any atom is -0.445 e. The number of hydrogen-bond acceptors (Lipinski definition) is 4. The first-order valence-electron chi connectivity index (χ1n) is 8.75. The summed E-state index contributed by atoms with van der Waals surface area (Å²) in [5, 5.41) is 0. The van der Waals surface area contributed by atoms with Crippen LogP contribution in [0.25, 0.3) is 0 Å². The predicted octanol–water partition coefficient (Wildman–Crippen LogP) is 3.12. The SMILES string of the molecule is CC(C)(C)OC(=O)N1C[C@H]2CN(C(=O)OCc3ccccc3)C[C@@H]2C1. The first-order chi connectivity index (χ1) is 11.8. The van der Waals surface area contributed by atoms with Crippen LogP contribution in [0.1, 0.15) is 26.3 Å². The molecule has 2 heterocycles. The average molecular weight is 346 g/mol. The molecule has 0 aromatic heterocycles. The zero-order chi connectivity index (χ0) is 18.0. The second-order valence-corrected chi connectivity index (χ2v) is 7.85. The Bertz CT molecular complexity index is 612. The van der Waals surface area contributed by atoms with Gasteiger partial charge in [0.25, 0.3) is 0 Å². The number of nitrogens with zero attached hydrogens (tertiary/aromatic N) is 2. The highest BCUT2D eigenvalue weighted by Crippen LogP contribution is 2.32. The van der Waals surface area contributed by atoms with E-state index in [9.17, 15) is 9.59 Å². The van der Waals surface area contributed by atoms with Crippen molar-refractivity contribution in [3.8, 4) is 0 Å². The Morgan fingerprint density at radius 1 is 0.960 bits per heavy atom. The van der Waals surface area contributed by atoms with Crippen LogP contribution in [0.15, 0.2) is 30.3 Å². The molecule has 2 aliphatic heterocycles. The van der Waals surface area contributed by atoms with Gasteiger partial charge in [-0.05, 0) is 26.3 Å². The lowest BCUT2D eigenvalue weighted by Gasteiger charge is -2.25. The monoisotopic (exact) mass is 346 g/mol. The molecule has 3 rings (SSSR count). The molecule has 1 aromatic carbocycles. The van der Waals surface area contributed by atoms with Crippen molar-refractivity contribution in [1.29, 1.82) is 0 Å². The minimum atomic E-state index is -0.484. The summed E-state index contributed by atoms with van der Waals surface area (Å²) >= 11 is 0. The third-order valence-corrected chi connectivity index (χ3v) is 4.60. The largest absolute Gasteiger partial charge is 0.445 e. The van der Waals surface area contributed by atoms with Crippen LogP contribution in [0.5, 0.6) is 0 Å². The molecule has 1 aromatic rings. The second kappa shape index (κ2) is 6.94. The summed E-state index contributed by atoms with van der Waals surface area (Å²) in [6.07, 6.45) is -0.540. The van der Waals surface area contributed by atoms with Crippen molar-refractivity contribution in [2.45, 2.75) is 33.0 Å². The number of hydrogen-bond donors (Lipinski definition) is 0. The Morgan fingerprint density at radius 3 is 2.00 bits per heavy atom. The average Bonchev–Trinajstić information content (AvgIpc) is 3.11. The molecule has 2 aliphatic rings. The maximum absolute atomic E-state index is 12.3. The van der Waals surface area contributed by atoms with E-state index in [2.05, 4.69) is 0 Å². The van der Waals surface area contributed by atoms with Crippen LogP contribution in [0.4, 0.5) is 9.59 Å². The third kappa shape index (κ3) is 4.44. The van der Waals surface area contributed by atoms with E-state index in [1.807, 2.05) is 51.1 Å². The van der Waals surface area contributed by atoms with E-state index in [4.69, 9.17) is 9.47 Å². The molecule has 2 amide bonds. The van der Waals surface area contributed by atoms with Gasteiger partial charge in [0, 0.05) is 38.0 Å². The number of likely N-dealkylation sites (tertiary alicyclic amines) is 2. The zero-order valence-corrected chi connectivity index (χ0v) is 15.1. The highest BCUT2D eigenvalue weighted by molar-refractivity contribution is 5.70. The minimum absolute atomic E-state index is 0.264. The zero-order valence-electron chi connectivity index (χ0n) is 15.1. The van der Waals surface area contributed by atoms with Crippen molar-refractivity contribution in [2.75, 3.05) is 26.2 Å². The quantitative estimate of drug-likeness (QED) is 0.825. The van der Waals surface area contributed by atoms with E-state index in [0.717, 1.165) is 5.56 Å². The van der Waals surface area contributed by atoms with Gasteiger partial charge in [0.05, 0.1) is 0 Å². The summed E-state index contributed by atoms with van der Waals surface area (Å²) in [5.41, 5.74) is 0.494. The summed E-state index contributed by atoms with van der Waals surface area (Å²) < 4.78 is 10.8. The van der Waals surface area contributed by atoms with E-state index in [-0.39, 0.29) is 18.8 Å². The molecule has 2 atom stereocenters. The van der Waals surface area contributed by atoms with Crippen molar-refractivity contribution >= 4 is 12.2 Å². The van der Waals surface area contributed by atoms with Gasteiger partial charge in [-0.1, -0.05) is 30.3 Å². The van der Waals surface area contributed by atoms with Crippen LogP contribution in [0.2, 0.25) is 0 Å². The molecule has 0 aliphatic carbocycles. The van der Waals surface area contributed by atoms with Gasteiger partial charge in [0.2, 0.25) is 0 Å². The van der Waals surface area contributed by atoms with E-state index < -0.39 is 5.60 Å². The van der Waals surface area contributed by atoms with Crippen molar-refractivity contribution in [3.63, 3.8) is 0 Å². The molecule has 2 saturated heterocycles. The van der Waals surface area contributed by atoms with Gasteiger partial charge in [-0.25, -0.2) is 9.59 Å². The Balaban J connectivity index is 1.46. The first kappa shape index (κ1) is 17.6. The van der Waals surface area contributed by atoms with Crippen molar-refractivity contribution in [1.82, 2.24) is 9.80 Å². The topological polar surface area (TPSA) is 59.1 Å². The Morgan fingerprint density at radius 2 is 1.48 bits per heavy atom. The number of amides is 2. The predicted molar refractivity (Wildman–Crippen MR) is 93.0 cm³/mol. The van der Waals surface area contributed by atoms with Crippen molar-refractivity contribution < 1.29 is 19.1 Å². The van der Waals surface area contributed by atoms with Gasteiger partial charge in [-0.15, -0.1) is 0 Å². The summed E-state index contributed by atoms with van der Waals surface area (Å²) in [6, 6.07) is 9.65. The van der Waals surface area contributed by atoms with Crippen LogP contribution in [0.3, 0.4) is 0 Å². The molecule has 136 valence electrons. The van der Waals surface area contributed by atoms with Gasteiger partial charge in [0.1, 0.15) is 12.2 Å². The molecule has 25 heavy (non-hydrogen) atoms. The van der Waals surface area contributed by atoms with Gasteiger partial charge < -0.3 is 19.3 Å². The molecule has 0 N–H and O–H groups in total. The maximum atomic E-state index is 12.3. The summed E-state index contributed by atoms with van der Waals surface area (Å²) in [5.74, 6) is 0.605. The van der Waals surface area contributed by atoms with Gasteiger partial charge in [-0.3, -0.25) is 0 Å². The van der Waals surface area contributed by atoms with Gasteiger partial charge in [-0.2, -0.15) is 0 Å². The Hall–Kier alpha value is -2.24. The van der Waals surface area contributed by atoms with Crippen molar-refractivity contribution in [3.05, 3.63) is 35.9 Å². The maximum Gasteiger partial charge on any atom is 0.410 e. The Labute approximate surface area is 148 Å². The highest BCUT2D eigenvalue weighted by Gasteiger charge is 2.44. The summed E-state index contributed by atoms with van der Waals surface area (Å²) in [7, 11) is 0. The molecular weight excluding hydrogens is 320 g/mol. The molecule has 0 spiro atoms. The fourth-order valence-corrected chi connectivity index (χ4v) is 3.43. The molecule has 6 nitrogen and oxygen atoms in total. The van der Waals surface area contributed by atoms with Crippen molar-refractivity contribution in [2.24, 2.45) is 11.8 Å². The lowest BCUT2D eigenvalue weighted by Crippen LogP contribution is -2.38. The fourth-order valence-electron chi connectivity index (χ4n) is 3.43. The third-order valence-electron chi connectivity index (χ3n) is 4.60. The first-order valence-corrected chi connectivity index (χ1v) is 8.75. The number of carbonyl (C=O) groups is 2. The molecule has 6 heteroatoms. The number of rotatable bonds is 2. The van der Waals surface area contributed by atoms with Crippen LogP contribution in [-0.2, 0) is 16.1 Å². The fraction of sp³-hybridized carbons (Fsp3) is 0.579. The summed E-state index contributed by atoms with van der Waals surface area (Å²) in [6.45, 7) is 8.44. The standard InChI is InChI=1S/C19H26N2O4/c1-19(2,3)25-18(23)21-11-15-9-20(10-16(15)12-21)17(22)24-13-14-7-5-4-6-8-14/h4-8,15-16H,9-13H2,1-3H3/t15-,16-/m1/s1. The van der Waals surface area contributed by atoms with Gasteiger partial charge in [0.15, 0.2) is 0 Å². The number of ether oxygens (including phenoxy) is 2. The second-order valence-electron chi connectivity index (χ2n) is 7.85. The molecule has 0 bridgehead atoms. The molecule has 0 radical (unpaired) electrons. The molecule has 2 fully saturated rings. The lowest BCUT2D eigenvalue weighted by molar-refractivity contribution is 0.0274. The van der Waals surface area contributed by atoms with E-state index in [0.29, 0.717) is 38.0 Å². The molecule has 0 unspecified atom stereocenters. The normalized spacial score (nSPS) is 22.7. The smallest absolute Gasteiger partial charge is 0.410 e. The lowest BCUT2D eigenvalue weighted by atomic mass is 10.0. The summed E-state index contributed by atoms with van der Waals surface area (Å²) in [4.78, 5) is 27.9. The van der Waals surface area contributed by atoms with E-state index in [1.54, 1.807) is 9.80 Å². The molecular formula is C19H26N2O4.